The van der Waals surface area contributed by atoms with Gasteiger partial charge in [0.15, 0.2) is 0 Å². The van der Waals surface area contributed by atoms with Gasteiger partial charge in [0, 0.05) is 17.1 Å². The average Bonchev–Trinajstić information content (AvgIpc) is 2.76. The summed E-state index contributed by atoms with van der Waals surface area (Å²) in [6.45, 7) is 3.76. The second kappa shape index (κ2) is 10.9. The number of rotatable bonds is 8. The second-order valence-electron chi connectivity index (χ2n) is 7.94. The molecule has 0 aliphatic rings. The number of para-hydroxylation sites is 1. The number of hydrogen-bond donors (Lipinski definition) is 4. The molecular formula is C26H27N3O4. The minimum absolute atomic E-state index is 0.0285. The van der Waals surface area contributed by atoms with E-state index in [1.165, 1.54) is 0 Å². The highest BCUT2D eigenvalue weighted by Gasteiger charge is 2.12. The molecule has 3 amide bonds. The van der Waals surface area contributed by atoms with E-state index in [0.717, 1.165) is 22.4 Å². The van der Waals surface area contributed by atoms with Crippen molar-refractivity contribution < 1.29 is 19.5 Å². The van der Waals surface area contributed by atoms with E-state index in [4.69, 9.17) is 5.11 Å². The monoisotopic (exact) mass is 445 g/mol. The third kappa shape index (κ3) is 7.21. The van der Waals surface area contributed by atoms with Crippen molar-refractivity contribution in [1.29, 1.82) is 0 Å². The van der Waals surface area contributed by atoms with Gasteiger partial charge in [0.05, 0.1) is 12.8 Å². The molecule has 0 aromatic heterocycles. The van der Waals surface area contributed by atoms with Gasteiger partial charge in [-0.05, 0) is 59.9 Å². The topological polar surface area (TPSA) is 108 Å². The van der Waals surface area contributed by atoms with Gasteiger partial charge in [0.1, 0.15) is 0 Å². The van der Waals surface area contributed by atoms with E-state index in [-0.39, 0.29) is 30.7 Å². The van der Waals surface area contributed by atoms with Crippen LogP contribution in [0, 0.1) is 6.92 Å². The number of carboxylic acids is 1. The maximum atomic E-state index is 12.5. The van der Waals surface area contributed by atoms with Gasteiger partial charge in [0.25, 0.3) is 0 Å². The number of anilines is 3. The Bertz CT molecular complexity index is 1140. The van der Waals surface area contributed by atoms with Gasteiger partial charge in [0.2, 0.25) is 5.91 Å². The van der Waals surface area contributed by atoms with Crippen LogP contribution in [0.3, 0.4) is 0 Å². The first-order chi connectivity index (χ1) is 15.8. The molecule has 0 saturated heterocycles. The molecule has 170 valence electrons. The van der Waals surface area contributed by atoms with Crippen molar-refractivity contribution in [3.8, 4) is 0 Å². The summed E-state index contributed by atoms with van der Waals surface area (Å²) in [4.78, 5) is 35.6. The standard InChI is InChI=1S/C26H27N3O4/c1-17-6-3-4-9-23(17)29-26(33)28-21-12-10-19(11-13-21)15-24(30)27-22-8-5-7-20(16-22)18(2)14-25(31)32/h3-13,16,18H,14-15H2,1-2H3,(H,27,30)(H,31,32)(H2,28,29,33). The van der Waals surface area contributed by atoms with E-state index in [0.29, 0.717) is 11.4 Å². The van der Waals surface area contributed by atoms with Crippen LogP contribution in [0.25, 0.3) is 0 Å². The number of carbonyl (C=O) groups excluding carboxylic acids is 2. The summed E-state index contributed by atoms with van der Waals surface area (Å²) in [5, 5.41) is 17.4. The number of nitrogens with one attached hydrogen (secondary N) is 3. The summed E-state index contributed by atoms with van der Waals surface area (Å²) in [6.07, 6.45) is 0.200. The molecule has 0 aliphatic heterocycles. The van der Waals surface area contributed by atoms with E-state index in [1.807, 2.05) is 44.2 Å². The first-order valence-corrected chi connectivity index (χ1v) is 10.6. The number of benzene rings is 3. The molecule has 1 atom stereocenters. The molecule has 33 heavy (non-hydrogen) atoms. The highest BCUT2D eigenvalue weighted by Crippen LogP contribution is 2.22. The lowest BCUT2D eigenvalue weighted by Crippen LogP contribution is -2.20. The lowest BCUT2D eigenvalue weighted by atomic mass is 9.97. The smallest absolute Gasteiger partial charge is 0.323 e. The van der Waals surface area contributed by atoms with Crippen LogP contribution in [0.4, 0.5) is 21.9 Å². The van der Waals surface area contributed by atoms with Crippen molar-refractivity contribution in [2.75, 3.05) is 16.0 Å². The van der Waals surface area contributed by atoms with Gasteiger partial charge in [-0.1, -0.05) is 49.4 Å². The van der Waals surface area contributed by atoms with Gasteiger partial charge in [-0.3, -0.25) is 9.59 Å². The molecule has 7 nitrogen and oxygen atoms in total. The van der Waals surface area contributed by atoms with Crippen LogP contribution in [0.5, 0.6) is 0 Å². The number of aliphatic carboxylic acids is 1. The van der Waals surface area contributed by atoms with Gasteiger partial charge in [-0.2, -0.15) is 0 Å². The molecule has 4 N–H and O–H groups in total. The first kappa shape index (κ1) is 23.5. The van der Waals surface area contributed by atoms with Gasteiger partial charge in [-0.15, -0.1) is 0 Å². The molecule has 1 unspecified atom stereocenters. The summed E-state index contributed by atoms with van der Waals surface area (Å²) >= 11 is 0. The Labute approximate surface area is 192 Å². The Hall–Kier alpha value is -4.13. The highest BCUT2D eigenvalue weighted by molar-refractivity contribution is 6.00. The zero-order chi connectivity index (χ0) is 23.8. The van der Waals surface area contributed by atoms with Crippen LogP contribution in [0.15, 0.2) is 72.8 Å². The minimum atomic E-state index is -0.859. The van der Waals surface area contributed by atoms with Crippen molar-refractivity contribution in [2.45, 2.75) is 32.6 Å². The predicted molar refractivity (Wildman–Crippen MR) is 130 cm³/mol. The molecule has 3 rings (SSSR count). The zero-order valence-electron chi connectivity index (χ0n) is 18.6. The van der Waals surface area contributed by atoms with Crippen LogP contribution in [0.1, 0.15) is 36.0 Å². The van der Waals surface area contributed by atoms with E-state index in [9.17, 15) is 14.4 Å². The number of aryl methyl sites for hydroxylation is 1. The number of carbonyl (C=O) groups is 3. The Morgan fingerprint density at radius 1 is 0.848 bits per heavy atom. The molecule has 0 bridgehead atoms. The third-order valence-electron chi connectivity index (χ3n) is 5.19. The Morgan fingerprint density at radius 2 is 1.58 bits per heavy atom. The number of urea groups is 1. The van der Waals surface area contributed by atoms with E-state index in [1.54, 1.807) is 42.5 Å². The third-order valence-corrected chi connectivity index (χ3v) is 5.19. The fourth-order valence-electron chi connectivity index (χ4n) is 3.40. The summed E-state index contributed by atoms with van der Waals surface area (Å²) in [6, 6.07) is 21.5. The molecule has 0 fully saturated rings. The quantitative estimate of drug-likeness (QED) is 0.372. The Balaban J connectivity index is 1.53. The van der Waals surface area contributed by atoms with Crippen molar-refractivity contribution in [2.24, 2.45) is 0 Å². The normalized spacial score (nSPS) is 11.3. The van der Waals surface area contributed by atoms with Crippen LogP contribution >= 0.6 is 0 Å². The molecule has 3 aromatic carbocycles. The summed E-state index contributed by atoms with van der Waals surface area (Å²) < 4.78 is 0. The van der Waals surface area contributed by atoms with Gasteiger partial charge >= 0.3 is 12.0 Å². The van der Waals surface area contributed by atoms with E-state index < -0.39 is 5.97 Å². The second-order valence-corrected chi connectivity index (χ2v) is 7.94. The number of carboxylic acid groups (broad SMARTS) is 1. The molecule has 0 radical (unpaired) electrons. The van der Waals surface area contributed by atoms with Crippen molar-refractivity contribution >= 4 is 35.0 Å². The fraction of sp³-hybridized carbons (Fsp3) is 0.192. The van der Waals surface area contributed by atoms with Crippen LogP contribution < -0.4 is 16.0 Å². The van der Waals surface area contributed by atoms with Crippen molar-refractivity contribution in [1.82, 2.24) is 0 Å². The average molecular weight is 446 g/mol. The zero-order valence-corrected chi connectivity index (χ0v) is 18.6. The fourth-order valence-corrected chi connectivity index (χ4v) is 3.40. The van der Waals surface area contributed by atoms with E-state index in [2.05, 4.69) is 16.0 Å². The van der Waals surface area contributed by atoms with Crippen LogP contribution in [0.2, 0.25) is 0 Å². The van der Waals surface area contributed by atoms with Gasteiger partial charge in [-0.25, -0.2) is 4.79 Å². The van der Waals surface area contributed by atoms with Crippen molar-refractivity contribution in [3.05, 3.63) is 89.5 Å². The molecule has 0 aliphatic carbocycles. The Kier molecular flexibility index (Phi) is 7.81. The SMILES string of the molecule is Cc1ccccc1NC(=O)Nc1ccc(CC(=O)Nc2cccc(C(C)CC(=O)O)c2)cc1. The maximum Gasteiger partial charge on any atom is 0.323 e. The van der Waals surface area contributed by atoms with Crippen LogP contribution in [-0.2, 0) is 16.0 Å². The molecule has 3 aromatic rings. The lowest BCUT2D eigenvalue weighted by Gasteiger charge is -2.12. The van der Waals surface area contributed by atoms with Crippen LogP contribution in [-0.4, -0.2) is 23.0 Å². The predicted octanol–water partition coefficient (Wildman–Crippen LogP) is 5.40. The Morgan fingerprint density at radius 3 is 2.27 bits per heavy atom. The summed E-state index contributed by atoms with van der Waals surface area (Å²) in [5.41, 5.74) is 4.61. The van der Waals surface area contributed by atoms with Crippen molar-refractivity contribution in [3.63, 3.8) is 0 Å². The molecule has 0 spiro atoms. The molecule has 0 saturated carbocycles. The van der Waals surface area contributed by atoms with E-state index >= 15 is 0 Å². The summed E-state index contributed by atoms with van der Waals surface area (Å²) in [7, 11) is 0. The molecule has 7 heteroatoms. The lowest BCUT2D eigenvalue weighted by molar-refractivity contribution is -0.137. The largest absolute Gasteiger partial charge is 0.481 e. The number of hydrogen-bond acceptors (Lipinski definition) is 3. The molecular weight excluding hydrogens is 418 g/mol. The minimum Gasteiger partial charge on any atom is -0.481 e. The number of amides is 3. The van der Waals surface area contributed by atoms with Gasteiger partial charge < -0.3 is 21.1 Å². The summed E-state index contributed by atoms with van der Waals surface area (Å²) in [5.74, 6) is -1.19. The highest BCUT2D eigenvalue weighted by atomic mass is 16.4. The molecule has 0 heterocycles. The first-order valence-electron chi connectivity index (χ1n) is 10.6. The maximum absolute atomic E-state index is 12.5.